The molecule has 17 heavy (non-hydrogen) atoms. The average molecular weight is 243 g/mol. The molecular formula is C12H25N3O2. The van der Waals surface area contributed by atoms with E-state index in [1.54, 1.807) is 0 Å². The molecule has 1 unspecified atom stereocenters. The molecule has 0 spiro atoms. The monoisotopic (exact) mass is 243 g/mol. The van der Waals surface area contributed by atoms with Gasteiger partial charge < -0.3 is 15.8 Å². The molecule has 0 aromatic carbocycles. The van der Waals surface area contributed by atoms with Crippen molar-refractivity contribution in [1.29, 1.82) is 0 Å². The van der Waals surface area contributed by atoms with Gasteiger partial charge in [0.25, 0.3) is 0 Å². The summed E-state index contributed by atoms with van der Waals surface area (Å²) in [5.41, 5.74) is 5.73. The number of nitrogens with two attached hydrogens (primary N) is 1. The van der Waals surface area contributed by atoms with Crippen molar-refractivity contribution in [2.75, 3.05) is 32.8 Å². The van der Waals surface area contributed by atoms with Gasteiger partial charge in [-0.3, -0.25) is 9.69 Å². The molecule has 0 saturated carbocycles. The average Bonchev–Trinajstić information content (AvgIpc) is 2.36. The number of rotatable bonds is 6. The molecule has 0 aromatic heterocycles. The molecular weight excluding hydrogens is 218 g/mol. The highest BCUT2D eigenvalue weighted by atomic mass is 16.5. The first-order valence-electron chi connectivity index (χ1n) is 6.54. The van der Waals surface area contributed by atoms with Gasteiger partial charge in [-0.05, 0) is 13.0 Å². The lowest BCUT2D eigenvalue weighted by Crippen LogP contribution is -2.49. The van der Waals surface area contributed by atoms with E-state index in [1.807, 2.05) is 6.92 Å². The highest BCUT2D eigenvalue weighted by Crippen LogP contribution is 2.03. The minimum Gasteiger partial charge on any atom is -0.374 e. The highest BCUT2D eigenvalue weighted by molar-refractivity contribution is 5.81. The molecule has 1 amide bonds. The zero-order valence-corrected chi connectivity index (χ0v) is 10.9. The molecule has 3 N–H and O–H groups in total. The number of amides is 1. The molecule has 1 aliphatic rings. The number of nitrogens with one attached hydrogen (secondary N) is 1. The number of nitrogens with zero attached hydrogens (tertiary/aromatic N) is 1. The van der Waals surface area contributed by atoms with Gasteiger partial charge in [0.05, 0.1) is 18.8 Å². The summed E-state index contributed by atoms with van der Waals surface area (Å²) in [6.45, 7) is 8.37. The van der Waals surface area contributed by atoms with Gasteiger partial charge in [0.1, 0.15) is 0 Å². The van der Waals surface area contributed by atoms with Crippen LogP contribution in [0, 0.1) is 0 Å². The van der Waals surface area contributed by atoms with Crippen LogP contribution in [0.3, 0.4) is 0 Å². The normalized spacial score (nSPS) is 23.4. The lowest BCUT2D eigenvalue weighted by Gasteiger charge is -2.32. The molecule has 2 atom stereocenters. The largest absolute Gasteiger partial charge is 0.374 e. The van der Waals surface area contributed by atoms with Crippen molar-refractivity contribution >= 4 is 5.91 Å². The minimum atomic E-state index is -0.383. The van der Waals surface area contributed by atoms with Crippen LogP contribution in [0.15, 0.2) is 0 Å². The third-order valence-electron chi connectivity index (χ3n) is 3.11. The first-order valence-corrected chi connectivity index (χ1v) is 6.54. The van der Waals surface area contributed by atoms with Crippen LogP contribution in [0.4, 0.5) is 0 Å². The van der Waals surface area contributed by atoms with Gasteiger partial charge in [0.2, 0.25) is 5.91 Å². The number of carbonyl (C=O) groups is 1. The summed E-state index contributed by atoms with van der Waals surface area (Å²) >= 11 is 0. The Bertz CT molecular complexity index is 236. The quantitative estimate of drug-likeness (QED) is 0.686. The molecule has 5 nitrogen and oxygen atoms in total. The van der Waals surface area contributed by atoms with Crippen molar-refractivity contribution < 1.29 is 9.53 Å². The lowest BCUT2D eigenvalue weighted by atomic mass is 10.1. The summed E-state index contributed by atoms with van der Waals surface area (Å²) in [6, 6.07) is -0.383. The fraction of sp³-hybridized carbons (Fsp3) is 0.917. The van der Waals surface area contributed by atoms with Crippen LogP contribution in [-0.2, 0) is 9.53 Å². The first kappa shape index (κ1) is 14.4. The Kier molecular flexibility index (Phi) is 6.47. The maximum atomic E-state index is 11.6. The van der Waals surface area contributed by atoms with Crippen LogP contribution >= 0.6 is 0 Å². The summed E-state index contributed by atoms with van der Waals surface area (Å²) in [4.78, 5) is 13.9. The maximum absolute atomic E-state index is 11.6. The van der Waals surface area contributed by atoms with Gasteiger partial charge in [0, 0.05) is 19.6 Å². The number of ether oxygens (including phenoxy) is 1. The second-order valence-electron chi connectivity index (χ2n) is 4.53. The molecule has 100 valence electrons. The van der Waals surface area contributed by atoms with Crippen molar-refractivity contribution in [2.24, 2.45) is 5.73 Å². The maximum Gasteiger partial charge on any atom is 0.237 e. The third-order valence-corrected chi connectivity index (χ3v) is 3.11. The Morgan fingerprint density at radius 3 is 3.00 bits per heavy atom. The molecule has 1 heterocycles. The Hall–Kier alpha value is -0.650. The molecule has 1 aliphatic heterocycles. The molecule has 1 rings (SSSR count). The fourth-order valence-corrected chi connectivity index (χ4v) is 1.98. The second-order valence-corrected chi connectivity index (χ2v) is 4.53. The van der Waals surface area contributed by atoms with Gasteiger partial charge >= 0.3 is 0 Å². The molecule has 1 saturated heterocycles. The van der Waals surface area contributed by atoms with Crippen LogP contribution in [0.5, 0.6) is 0 Å². The lowest BCUT2D eigenvalue weighted by molar-refractivity contribution is -0.123. The predicted molar refractivity (Wildman–Crippen MR) is 67.7 cm³/mol. The van der Waals surface area contributed by atoms with Gasteiger partial charge in [-0.2, -0.15) is 0 Å². The Morgan fingerprint density at radius 1 is 1.59 bits per heavy atom. The van der Waals surface area contributed by atoms with Crippen LogP contribution < -0.4 is 11.1 Å². The summed E-state index contributed by atoms with van der Waals surface area (Å²) < 4.78 is 5.60. The van der Waals surface area contributed by atoms with E-state index in [1.165, 1.54) is 0 Å². The summed E-state index contributed by atoms with van der Waals surface area (Å²) in [7, 11) is 0. The SMILES string of the molecule is CCC[C@H](N)C(=O)NCC1CN(CC)CCO1. The summed E-state index contributed by atoms with van der Waals surface area (Å²) in [6.07, 6.45) is 1.76. The third kappa shape index (κ3) is 5.02. The molecule has 5 heteroatoms. The molecule has 0 aromatic rings. The van der Waals surface area contributed by atoms with Crippen LogP contribution in [0.2, 0.25) is 0 Å². The molecule has 0 aliphatic carbocycles. The van der Waals surface area contributed by atoms with E-state index in [4.69, 9.17) is 10.5 Å². The highest BCUT2D eigenvalue weighted by Gasteiger charge is 2.20. The number of hydrogen-bond donors (Lipinski definition) is 2. The number of morpholine rings is 1. The Labute approximate surface area is 104 Å². The van der Waals surface area contributed by atoms with Crippen molar-refractivity contribution in [3.63, 3.8) is 0 Å². The van der Waals surface area contributed by atoms with E-state index in [2.05, 4.69) is 17.1 Å². The van der Waals surface area contributed by atoms with Crippen molar-refractivity contribution in [2.45, 2.75) is 38.8 Å². The molecule has 1 fully saturated rings. The first-order chi connectivity index (χ1) is 8.17. The van der Waals surface area contributed by atoms with Crippen molar-refractivity contribution in [3.05, 3.63) is 0 Å². The van der Waals surface area contributed by atoms with E-state index < -0.39 is 0 Å². The standard InChI is InChI=1S/C12H25N3O2/c1-3-5-11(13)12(16)14-8-10-9-15(4-2)6-7-17-10/h10-11H,3-9,13H2,1-2H3,(H,14,16)/t10?,11-/m0/s1. The summed E-state index contributed by atoms with van der Waals surface area (Å²) in [5, 5.41) is 2.87. The van der Waals surface area contributed by atoms with Crippen molar-refractivity contribution in [3.8, 4) is 0 Å². The van der Waals surface area contributed by atoms with E-state index in [9.17, 15) is 4.79 Å². The smallest absolute Gasteiger partial charge is 0.237 e. The van der Waals surface area contributed by atoms with Gasteiger partial charge in [-0.15, -0.1) is 0 Å². The second kappa shape index (κ2) is 7.63. The van der Waals surface area contributed by atoms with E-state index in [0.717, 1.165) is 39.1 Å². The topological polar surface area (TPSA) is 67.6 Å². The number of likely N-dealkylation sites (N-methyl/N-ethyl adjacent to an activating group) is 1. The Balaban J connectivity index is 2.23. The Morgan fingerprint density at radius 2 is 2.35 bits per heavy atom. The van der Waals surface area contributed by atoms with Crippen LogP contribution in [-0.4, -0.2) is 55.7 Å². The zero-order chi connectivity index (χ0) is 12.7. The molecule has 0 radical (unpaired) electrons. The predicted octanol–water partition coefficient (Wildman–Crippen LogP) is -0.0493. The van der Waals surface area contributed by atoms with E-state index in [0.29, 0.717) is 6.54 Å². The van der Waals surface area contributed by atoms with Gasteiger partial charge in [0.15, 0.2) is 0 Å². The zero-order valence-electron chi connectivity index (χ0n) is 10.9. The number of carbonyl (C=O) groups excluding carboxylic acids is 1. The van der Waals surface area contributed by atoms with Crippen LogP contribution in [0.25, 0.3) is 0 Å². The van der Waals surface area contributed by atoms with E-state index in [-0.39, 0.29) is 18.1 Å². The fourth-order valence-electron chi connectivity index (χ4n) is 1.98. The van der Waals surface area contributed by atoms with E-state index >= 15 is 0 Å². The van der Waals surface area contributed by atoms with Gasteiger partial charge in [-0.25, -0.2) is 0 Å². The number of hydrogen-bond acceptors (Lipinski definition) is 4. The molecule has 0 bridgehead atoms. The minimum absolute atomic E-state index is 0.0657. The van der Waals surface area contributed by atoms with Gasteiger partial charge in [-0.1, -0.05) is 20.3 Å². The summed E-state index contributed by atoms with van der Waals surface area (Å²) in [5.74, 6) is -0.0657. The van der Waals surface area contributed by atoms with Crippen LogP contribution in [0.1, 0.15) is 26.7 Å². The van der Waals surface area contributed by atoms with Crippen molar-refractivity contribution in [1.82, 2.24) is 10.2 Å².